The molecule has 2 aromatic heterocycles. The molecule has 0 aliphatic rings. The largest absolute Gasteiger partial charge is 0.338 e. The maximum atomic E-state index is 12.3. The van der Waals surface area contributed by atoms with Gasteiger partial charge in [-0.2, -0.15) is 5.10 Å². The van der Waals surface area contributed by atoms with Crippen LogP contribution in [0.5, 0.6) is 0 Å². The average Bonchev–Trinajstić information content (AvgIpc) is 3.11. The molecule has 7 nitrogen and oxygen atoms in total. The normalized spacial score (nSPS) is 13.1. The van der Waals surface area contributed by atoms with Crippen molar-refractivity contribution in [1.29, 1.82) is 0 Å². The maximum Gasteiger partial charge on any atom is 0.242 e. The number of hydrogen-bond acceptors (Lipinski definition) is 4. The van der Waals surface area contributed by atoms with Gasteiger partial charge in [0.25, 0.3) is 0 Å². The number of imidazole rings is 1. The molecule has 0 fully saturated rings. The van der Waals surface area contributed by atoms with Crippen LogP contribution in [-0.4, -0.2) is 47.0 Å². The summed E-state index contributed by atoms with van der Waals surface area (Å²) >= 11 is 0. The molecule has 2 heterocycles. The summed E-state index contributed by atoms with van der Waals surface area (Å²) < 4.78 is 25.7. The zero-order valence-corrected chi connectivity index (χ0v) is 15.2. The monoisotopic (exact) mass is 347 g/mol. The van der Waals surface area contributed by atoms with E-state index < -0.39 is 10.0 Å². The van der Waals surface area contributed by atoms with Gasteiger partial charge in [-0.15, -0.1) is 0 Å². The Morgan fingerprint density at radius 3 is 2.50 bits per heavy atom. The quantitative estimate of drug-likeness (QED) is 0.761. The molecule has 3 aromatic rings. The van der Waals surface area contributed by atoms with Crippen LogP contribution in [0.25, 0.3) is 22.4 Å². The summed E-state index contributed by atoms with van der Waals surface area (Å²) in [5, 5.41) is 7.15. The van der Waals surface area contributed by atoms with Gasteiger partial charge in [0.15, 0.2) is 0 Å². The SMILES string of the molecule is CN(C)S(=O)(=O)c1ccc2nc(-c3cn[nH]c3C(C)(C)C)[nH]c2c1. The van der Waals surface area contributed by atoms with E-state index in [1.165, 1.54) is 18.4 Å². The van der Waals surface area contributed by atoms with E-state index in [2.05, 4.69) is 40.9 Å². The van der Waals surface area contributed by atoms with Crippen molar-refractivity contribution in [3.8, 4) is 11.4 Å². The predicted octanol–water partition coefficient (Wildman–Crippen LogP) is 2.50. The summed E-state index contributed by atoms with van der Waals surface area (Å²) in [4.78, 5) is 8.02. The first-order valence-electron chi connectivity index (χ1n) is 7.57. The van der Waals surface area contributed by atoms with E-state index >= 15 is 0 Å². The molecule has 1 aromatic carbocycles. The van der Waals surface area contributed by atoms with Gasteiger partial charge in [0.1, 0.15) is 5.82 Å². The Morgan fingerprint density at radius 2 is 1.88 bits per heavy atom. The highest BCUT2D eigenvalue weighted by atomic mass is 32.2. The highest BCUT2D eigenvalue weighted by Gasteiger charge is 2.23. The highest BCUT2D eigenvalue weighted by Crippen LogP contribution is 2.31. The first-order chi connectivity index (χ1) is 11.1. The molecular formula is C16H21N5O2S. The van der Waals surface area contributed by atoms with E-state index in [9.17, 15) is 8.42 Å². The number of H-pyrrole nitrogens is 2. The standard InChI is InChI=1S/C16H21N5O2S/c1-16(2,3)14-11(9-17-20-14)15-18-12-7-6-10(8-13(12)19-15)24(22,23)21(4)5/h6-9H,1-5H3,(H,17,20)(H,18,19). The Bertz CT molecular complexity index is 993. The molecule has 0 saturated carbocycles. The molecule has 0 unspecified atom stereocenters. The van der Waals surface area contributed by atoms with Crippen LogP contribution >= 0.6 is 0 Å². The van der Waals surface area contributed by atoms with Gasteiger partial charge in [-0.3, -0.25) is 5.10 Å². The van der Waals surface area contributed by atoms with Crippen molar-refractivity contribution in [2.45, 2.75) is 31.1 Å². The second kappa shape index (κ2) is 5.42. The fraction of sp³-hybridized carbons (Fsp3) is 0.375. The summed E-state index contributed by atoms with van der Waals surface area (Å²) in [6.07, 6.45) is 1.73. The smallest absolute Gasteiger partial charge is 0.242 e. The third kappa shape index (κ3) is 2.71. The molecular weight excluding hydrogens is 326 g/mol. The molecule has 0 atom stereocenters. The molecule has 2 N–H and O–H groups in total. The molecule has 0 spiro atoms. The van der Waals surface area contributed by atoms with Crippen LogP contribution in [-0.2, 0) is 15.4 Å². The number of benzene rings is 1. The lowest BCUT2D eigenvalue weighted by Crippen LogP contribution is -2.22. The fourth-order valence-electron chi connectivity index (χ4n) is 2.52. The number of hydrogen-bond donors (Lipinski definition) is 2. The lowest BCUT2D eigenvalue weighted by molar-refractivity contribution is 0.521. The molecule has 0 aliphatic heterocycles. The second-order valence-corrected chi connectivity index (χ2v) is 9.11. The van der Waals surface area contributed by atoms with Crippen molar-refractivity contribution in [2.24, 2.45) is 0 Å². The van der Waals surface area contributed by atoms with Crippen molar-refractivity contribution < 1.29 is 8.42 Å². The number of aromatic nitrogens is 4. The summed E-state index contributed by atoms with van der Waals surface area (Å²) in [7, 11) is -0.451. The summed E-state index contributed by atoms with van der Waals surface area (Å²) in [5.74, 6) is 0.670. The van der Waals surface area contributed by atoms with Gasteiger partial charge in [0.2, 0.25) is 10.0 Å². The number of sulfonamides is 1. The fourth-order valence-corrected chi connectivity index (χ4v) is 3.45. The highest BCUT2D eigenvalue weighted by molar-refractivity contribution is 7.89. The Labute approximate surface area is 141 Å². The zero-order valence-electron chi connectivity index (χ0n) is 14.4. The Hall–Kier alpha value is -2.19. The van der Waals surface area contributed by atoms with E-state index in [0.717, 1.165) is 11.3 Å². The van der Waals surface area contributed by atoms with Crippen LogP contribution in [0.2, 0.25) is 0 Å². The molecule has 0 amide bonds. The van der Waals surface area contributed by atoms with E-state index in [4.69, 9.17) is 0 Å². The Kier molecular flexibility index (Phi) is 3.76. The topological polar surface area (TPSA) is 94.7 Å². The summed E-state index contributed by atoms with van der Waals surface area (Å²) in [6, 6.07) is 4.89. The summed E-state index contributed by atoms with van der Waals surface area (Å²) in [6.45, 7) is 6.28. The first kappa shape index (κ1) is 16.7. The van der Waals surface area contributed by atoms with Crippen LogP contribution in [0.3, 0.4) is 0 Å². The molecule has 0 aliphatic carbocycles. The third-order valence-corrected chi connectivity index (χ3v) is 5.69. The first-order valence-corrected chi connectivity index (χ1v) is 9.01. The van der Waals surface area contributed by atoms with E-state index in [0.29, 0.717) is 16.9 Å². The van der Waals surface area contributed by atoms with Crippen molar-refractivity contribution in [3.05, 3.63) is 30.1 Å². The van der Waals surface area contributed by atoms with Gasteiger partial charge in [-0.05, 0) is 18.2 Å². The van der Waals surface area contributed by atoms with Gasteiger partial charge < -0.3 is 4.98 Å². The van der Waals surface area contributed by atoms with Gasteiger partial charge in [-0.25, -0.2) is 17.7 Å². The minimum absolute atomic E-state index is 0.107. The lowest BCUT2D eigenvalue weighted by Gasteiger charge is -2.17. The lowest BCUT2D eigenvalue weighted by atomic mass is 9.89. The number of nitrogens with one attached hydrogen (secondary N) is 2. The van der Waals surface area contributed by atoms with E-state index in [1.807, 2.05) is 0 Å². The van der Waals surface area contributed by atoms with Crippen molar-refractivity contribution in [3.63, 3.8) is 0 Å². The van der Waals surface area contributed by atoms with Crippen molar-refractivity contribution in [1.82, 2.24) is 24.5 Å². The minimum atomic E-state index is -3.48. The third-order valence-electron chi connectivity index (χ3n) is 3.88. The molecule has 0 radical (unpaired) electrons. The van der Waals surface area contributed by atoms with E-state index in [-0.39, 0.29) is 10.3 Å². The minimum Gasteiger partial charge on any atom is -0.338 e. The second-order valence-electron chi connectivity index (χ2n) is 6.96. The molecule has 128 valence electrons. The molecule has 3 rings (SSSR count). The zero-order chi connectivity index (χ0) is 17.7. The molecule has 0 saturated heterocycles. The molecule has 0 bridgehead atoms. The Morgan fingerprint density at radius 1 is 1.17 bits per heavy atom. The predicted molar refractivity (Wildman–Crippen MR) is 93.2 cm³/mol. The van der Waals surface area contributed by atoms with Crippen LogP contribution in [0, 0.1) is 0 Å². The molecule has 8 heteroatoms. The Balaban J connectivity index is 2.13. The van der Waals surface area contributed by atoms with Gasteiger partial charge in [0, 0.05) is 19.5 Å². The van der Waals surface area contributed by atoms with Gasteiger partial charge in [-0.1, -0.05) is 20.8 Å². The van der Waals surface area contributed by atoms with Crippen molar-refractivity contribution >= 4 is 21.1 Å². The maximum absolute atomic E-state index is 12.3. The van der Waals surface area contributed by atoms with Crippen LogP contribution in [0.1, 0.15) is 26.5 Å². The molecule has 24 heavy (non-hydrogen) atoms. The van der Waals surface area contributed by atoms with Crippen LogP contribution in [0.15, 0.2) is 29.3 Å². The van der Waals surface area contributed by atoms with Crippen LogP contribution < -0.4 is 0 Å². The van der Waals surface area contributed by atoms with Gasteiger partial charge >= 0.3 is 0 Å². The average molecular weight is 347 g/mol. The number of aromatic amines is 2. The number of fused-ring (bicyclic) bond motifs is 1. The summed E-state index contributed by atoms with van der Waals surface area (Å²) in [5.41, 5.74) is 3.14. The van der Waals surface area contributed by atoms with Crippen LogP contribution in [0.4, 0.5) is 0 Å². The van der Waals surface area contributed by atoms with E-state index in [1.54, 1.807) is 24.4 Å². The number of rotatable bonds is 3. The van der Waals surface area contributed by atoms with Gasteiger partial charge in [0.05, 0.1) is 33.4 Å². The van der Waals surface area contributed by atoms with Crippen molar-refractivity contribution in [2.75, 3.05) is 14.1 Å². The number of nitrogens with zero attached hydrogens (tertiary/aromatic N) is 3.